The third kappa shape index (κ3) is 3.76. The number of aliphatic hydroxyl groups excluding tert-OH is 1. The van der Waals surface area contributed by atoms with Gasteiger partial charge in [-0.1, -0.05) is 32.9 Å². The second-order valence-electron chi connectivity index (χ2n) is 7.26. The number of benzene rings is 1. The topological polar surface area (TPSA) is 29.5 Å². The van der Waals surface area contributed by atoms with Crippen LogP contribution in [-0.2, 0) is 6.42 Å². The zero-order valence-corrected chi connectivity index (χ0v) is 13.2. The Labute approximate surface area is 123 Å². The minimum absolute atomic E-state index is 0.153. The summed E-state index contributed by atoms with van der Waals surface area (Å²) in [5.74, 6) is 1.99. The fourth-order valence-electron chi connectivity index (χ4n) is 3.36. The molecule has 0 amide bonds. The van der Waals surface area contributed by atoms with Crippen molar-refractivity contribution in [3.63, 3.8) is 0 Å². The van der Waals surface area contributed by atoms with E-state index in [0.29, 0.717) is 17.3 Å². The van der Waals surface area contributed by atoms with Crippen LogP contribution in [0.4, 0.5) is 0 Å². The van der Waals surface area contributed by atoms with E-state index in [0.717, 1.165) is 31.4 Å². The minimum atomic E-state index is -0.153. The highest BCUT2D eigenvalue weighted by Crippen LogP contribution is 2.41. The summed E-state index contributed by atoms with van der Waals surface area (Å²) in [5.41, 5.74) is 1.61. The predicted molar refractivity (Wildman–Crippen MR) is 83.0 cm³/mol. The first kappa shape index (κ1) is 15.4. The first-order valence-corrected chi connectivity index (χ1v) is 7.71. The van der Waals surface area contributed by atoms with Crippen molar-refractivity contribution in [1.29, 1.82) is 0 Å². The molecule has 1 aromatic rings. The molecule has 0 aromatic heterocycles. The van der Waals surface area contributed by atoms with Gasteiger partial charge in [0, 0.05) is 0 Å². The number of aliphatic hydroxyl groups is 1. The van der Waals surface area contributed by atoms with Gasteiger partial charge in [0.2, 0.25) is 0 Å². The lowest BCUT2D eigenvalue weighted by Gasteiger charge is -2.40. The van der Waals surface area contributed by atoms with E-state index in [4.69, 9.17) is 4.74 Å². The van der Waals surface area contributed by atoms with Crippen molar-refractivity contribution in [1.82, 2.24) is 0 Å². The molecule has 1 fully saturated rings. The van der Waals surface area contributed by atoms with E-state index in [-0.39, 0.29) is 6.10 Å². The molecule has 1 saturated carbocycles. The van der Waals surface area contributed by atoms with Crippen LogP contribution in [0.1, 0.15) is 45.6 Å². The first-order chi connectivity index (χ1) is 9.40. The molecule has 2 nitrogen and oxygen atoms in total. The van der Waals surface area contributed by atoms with Crippen molar-refractivity contribution in [2.45, 2.75) is 52.6 Å². The van der Waals surface area contributed by atoms with Crippen LogP contribution in [0.15, 0.2) is 24.3 Å². The fraction of sp³-hybridized carbons (Fsp3) is 0.667. The van der Waals surface area contributed by atoms with Gasteiger partial charge in [-0.05, 0) is 60.6 Å². The molecule has 3 unspecified atom stereocenters. The minimum Gasteiger partial charge on any atom is -0.497 e. The van der Waals surface area contributed by atoms with Gasteiger partial charge in [-0.3, -0.25) is 0 Å². The SMILES string of the molecule is COc1cccc(CC2CC(C(C)(C)C)CCC2O)c1. The van der Waals surface area contributed by atoms with Crippen LogP contribution in [0.25, 0.3) is 0 Å². The molecule has 0 bridgehead atoms. The molecule has 0 saturated heterocycles. The molecule has 1 aromatic carbocycles. The lowest BCUT2D eigenvalue weighted by molar-refractivity contribution is 0.0196. The van der Waals surface area contributed by atoms with E-state index in [1.807, 2.05) is 12.1 Å². The summed E-state index contributed by atoms with van der Waals surface area (Å²) in [6.07, 6.45) is 4.02. The summed E-state index contributed by atoms with van der Waals surface area (Å²) in [5, 5.41) is 10.3. The highest BCUT2D eigenvalue weighted by Gasteiger charge is 2.34. The standard InChI is InChI=1S/C18H28O2/c1-18(2,3)15-8-9-17(19)14(12-15)10-13-6-5-7-16(11-13)20-4/h5-7,11,14-15,17,19H,8-10,12H2,1-4H3. The second kappa shape index (κ2) is 6.17. The summed E-state index contributed by atoms with van der Waals surface area (Å²) >= 11 is 0. The van der Waals surface area contributed by atoms with Gasteiger partial charge in [-0.2, -0.15) is 0 Å². The van der Waals surface area contributed by atoms with Gasteiger partial charge < -0.3 is 9.84 Å². The van der Waals surface area contributed by atoms with E-state index in [1.165, 1.54) is 5.56 Å². The van der Waals surface area contributed by atoms with E-state index < -0.39 is 0 Å². The molecular weight excluding hydrogens is 248 g/mol. The maximum Gasteiger partial charge on any atom is 0.119 e. The number of methoxy groups -OCH3 is 1. The van der Waals surface area contributed by atoms with Crippen molar-refractivity contribution in [2.24, 2.45) is 17.3 Å². The van der Waals surface area contributed by atoms with E-state index in [2.05, 4.69) is 32.9 Å². The van der Waals surface area contributed by atoms with E-state index >= 15 is 0 Å². The quantitative estimate of drug-likeness (QED) is 0.902. The van der Waals surface area contributed by atoms with Crippen LogP contribution in [-0.4, -0.2) is 18.3 Å². The largest absolute Gasteiger partial charge is 0.497 e. The molecule has 3 atom stereocenters. The van der Waals surface area contributed by atoms with Crippen LogP contribution in [0.5, 0.6) is 5.75 Å². The molecule has 1 N–H and O–H groups in total. The molecule has 2 rings (SSSR count). The first-order valence-electron chi connectivity index (χ1n) is 7.71. The van der Waals surface area contributed by atoms with Gasteiger partial charge in [0.15, 0.2) is 0 Å². The molecule has 1 aliphatic carbocycles. The third-order valence-electron chi connectivity index (χ3n) is 4.80. The van der Waals surface area contributed by atoms with Crippen molar-refractivity contribution in [2.75, 3.05) is 7.11 Å². The van der Waals surface area contributed by atoms with Gasteiger partial charge in [0.1, 0.15) is 5.75 Å². The van der Waals surface area contributed by atoms with Crippen molar-refractivity contribution < 1.29 is 9.84 Å². The predicted octanol–water partition coefficient (Wildman–Crippen LogP) is 4.06. The number of ether oxygens (including phenoxy) is 1. The second-order valence-corrected chi connectivity index (χ2v) is 7.26. The normalized spacial score (nSPS) is 27.4. The lowest BCUT2D eigenvalue weighted by Crippen LogP contribution is -2.35. The van der Waals surface area contributed by atoms with Gasteiger partial charge in [0.25, 0.3) is 0 Å². The van der Waals surface area contributed by atoms with Gasteiger partial charge >= 0.3 is 0 Å². The molecule has 0 heterocycles. The van der Waals surface area contributed by atoms with Crippen LogP contribution in [0.2, 0.25) is 0 Å². The molecule has 1 aliphatic rings. The number of hydrogen-bond donors (Lipinski definition) is 1. The number of hydrogen-bond acceptors (Lipinski definition) is 2. The highest BCUT2D eigenvalue weighted by molar-refractivity contribution is 5.28. The average Bonchev–Trinajstić information content (AvgIpc) is 2.40. The molecule has 0 spiro atoms. The Hall–Kier alpha value is -1.02. The highest BCUT2D eigenvalue weighted by atomic mass is 16.5. The Bertz CT molecular complexity index is 433. The lowest BCUT2D eigenvalue weighted by atomic mass is 9.67. The summed E-state index contributed by atoms with van der Waals surface area (Å²) in [4.78, 5) is 0. The number of rotatable bonds is 3. The zero-order valence-electron chi connectivity index (χ0n) is 13.2. The molecule has 0 radical (unpaired) electrons. The van der Waals surface area contributed by atoms with Crippen LogP contribution in [0, 0.1) is 17.3 Å². The van der Waals surface area contributed by atoms with E-state index in [9.17, 15) is 5.11 Å². The van der Waals surface area contributed by atoms with Gasteiger partial charge in [-0.25, -0.2) is 0 Å². The zero-order chi connectivity index (χ0) is 14.8. The Kier molecular flexibility index (Phi) is 4.74. The van der Waals surface area contributed by atoms with Gasteiger partial charge in [-0.15, -0.1) is 0 Å². The summed E-state index contributed by atoms with van der Waals surface area (Å²) in [6, 6.07) is 8.23. The smallest absolute Gasteiger partial charge is 0.119 e. The average molecular weight is 276 g/mol. The van der Waals surface area contributed by atoms with E-state index in [1.54, 1.807) is 7.11 Å². The van der Waals surface area contributed by atoms with Crippen molar-refractivity contribution in [3.8, 4) is 5.75 Å². The van der Waals surface area contributed by atoms with Crippen LogP contribution < -0.4 is 4.74 Å². The third-order valence-corrected chi connectivity index (χ3v) is 4.80. The Balaban J connectivity index is 2.06. The summed E-state index contributed by atoms with van der Waals surface area (Å²) in [6.45, 7) is 6.95. The monoisotopic (exact) mass is 276 g/mol. The van der Waals surface area contributed by atoms with Crippen LogP contribution in [0.3, 0.4) is 0 Å². The van der Waals surface area contributed by atoms with Crippen molar-refractivity contribution in [3.05, 3.63) is 29.8 Å². The Morgan fingerprint density at radius 1 is 1.25 bits per heavy atom. The molecule has 0 aliphatic heterocycles. The Morgan fingerprint density at radius 3 is 2.65 bits per heavy atom. The molecule has 20 heavy (non-hydrogen) atoms. The van der Waals surface area contributed by atoms with Gasteiger partial charge in [0.05, 0.1) is 13.2 Å². The van der Waals surface area contributed by atoms with Crippen molar-refractivity contribution >= 4 is 0 Å². The summed E-state index contributed by atoms with van der Waals surface area (Å²) in [7, 11) is 1.70. The maximum atomic E-state index is 10.3. The fourth-order valence-corrected chi connectivity index (χ4v) is 3.36. The van der Waals surface area contributed by atoms with Crippen LogP contribution >= 0.6 is 0 Å². The Morgan fingerprint density at radius 2 is 2.00 bits per heavy atom. The molecular formula is C18H28O2. The molecule has 112 valence electrons. The summed E-state index contributed by atoms with van der Waals surface area (Å²) < 4.78 is 5.28. The molecule has 2 heteroatoms. The maximum absolute atomic E-state index is 10.3.